The van der Waals surface area contributed by atoms with E-state index >= 15 is 0 Å². The normalized spacial score (nSPS) is 18.5. The van der Waals surface area contributed by atoms with Gasteiger partial charge in [-0.15, -0.1) is 0 Å². The molecule has 21 heavy (non-hydrogen) atoms. The van der Waals surface area contributed by atoms with E-state index in [0.717, 1.165) is 31.6 Å². The number of fused-ring (bicyclic) bond motifs is 1. The molecule has 6 heteroatoms. The first-order chi connectivity index (χ1) is 10.3. The van der Waals surface area contributed by atoms with Crippen LogP contribution in [0.25, 0.3) is 0 Å². The Morgan fingerprint density at radius 1 is 1.52 bits per heavy atom. The third-order valence-corrected chi connectivity index (χ3v) is 4.18. The van der Waals surface area contributed by atoms with Crippen LogP contribution in [0.1, 0.15) is 36.7 Å². The Labute approximate surface area is 125 Å². The number of carbonyl (C=O) groups excluding carboxylic acids is 1. The Hall–Kier alpha value is -1.40. The molecule has 1 aliphatic heterocycles. The molecular weight excluding hydrogens is 268 g/mol. The van der Waals surface area contributed by atoms with Gasteiger partial charge in [-0.05, 0) is 19.3 Å². The highest BCUT2D eigenvalue weighted by atomic mass is 16.5. The van der Waals surface area contributed by atoms with E-state index in [9.17, 15) is 4.79 Å². The maximum absolute atomic E-state index is 11.9. The summed E-state index contributed by atoms with van der Waals surface area (Å²) in [7, 11) is 1.67. The number of aromatic nitrogens is 2. The van der Waals surface area contributed by atoms with E-state index < -0.39 is 0 Å². The van der Waals surface area contributed by atoms with Gasteiger partial charge in [0, 0.05) is 51.5 Å². The van der Waals surface area contributed by atoms with Gasteiger partial charge in [0.1, 0.15) is 0 Å². The van der Waals surface area contributed by atoms with Gasteiger partial charge in [-0.3, -0.25) is 9.69 Å². The van der Waals surface area contributed by atoms with Crippen molar-refractivity contribution in [1.29, 1.82) is 0 Å². The zero-order chi connectivity index (χ0) is 14.7. The first-order valence-electron chi connectivity index (χ1n) is 7.80. The number of nitrogens with zero attached hydrogens (tertiary/aromatic N) is 3. The zero-order valence-corrected chi connectivity index (χ0v) is 12.7. The fraction of sp³-hybridized carbons (Fsp3) is 0.733. The molecule has 0 saturated heterocycles. The topological polar surface area (TPSA) is 59.4 Å². The summed E-state index contributed by atoms with van der Waals surface area (Å²) in [6, 6.07) is 0.692. The van der Waals surface area contributed by atoms with Crippen molar-refractivity contribution in [3.63, 3.8) is 0 Å². The molecule has 1 aliphatic carbocycles. The molecule has 2 aliphatic rings. The van der Waals surface area contributed by atoms with Crippen LogP contribution in [0.5, 0.6) is 0 Å². The van der Waals surface area contributed by atoms with E-state index in [-0.39, 0.29) is 5.91 Å². The number of amides is 1. The Morgan fingerprint density at radius 3 is 3.14 bits per heavy atom. The average molecular weight is 292 g/mol. The summed E-state index contributed by atoms with van der Waals surface area (Å²) in [5, 5.41) is 2.94. The van der Waals surface area contributed by atoms with E-state index in [1.165, 1.54) is 18.5 Å². The van der Waals surface area contributed by atoms with E-state index in [1.807, 2.05) is 6.33 Å². The Kier molecular flexibility index (Phi) is 4.55. The number of imidazole rings is 1. The lowest BCUT2D eigenvalue weighted by atomic mass is 10.1. The molecule has 1 saturated carbocycles. The SMILES string of the molecule is COCCCNC(=O)CN1CCc2c(ncn2C2CC2)C1. The second-order valence-electron chi connectivity index (χ2n) is 5.93. The number of nitrogens with one attached hydrogen (secondary N) is 1. The van der Waals surface area contributed by atoms with Crippen LogP contribution in [-0.2, 0) is 22.5 Å². The van der Waals surface area contributed by atoms with E-state index in [4.69, 9.17) is 4.74 Å². The van der Waals surface area contributed by atoms with Gasteiger partial charge in [0.05, 0.1) is 18.6 Å². The second kappa shape index (κ2) is 6.58. The highest BCUT2D eigenvalue weighted by Crippen LogP contribution is 2.37. The van der Waals surface area contributed by atoms with E-state index in [2.05, 4.69) is 19.8 Å². The summed E-state index contributed by atoms with van der Waals surface area (Å²) in [5.74, 6) is 0.0937. The van der Waals surface area contributed by atoms with Gasteiger partial charge in [0.2, 0.25) is 5.91 Å². The van der Waals surface area contributed by atoms with Gasteiger partial charge in [-0.2, -0.15) is 0 Å². The van der Waals surface area contributed by atoms with Gasteiger partial charge in [0.15, 0.2) is 0 Å². The Balaban J connectivity index is 1.46. The minimum absolute atomic E-state index is 0.0937. The number of methoxy groups -OCH3 is 1. The van der Waals surface area contributed by atoms with Crippen LogP contribution in [0.3, 0.4) is 0 Å². The molecule has 1 aromatic rings. The third-order valence-electron chi connectivity index (χ3n) is 4.18. The Morgan fingerprint density at radius 2 is 2.38 bits per heavy atom. The molecule has 0 unspecified atom stereocenters. The van der Waals surface area contributed by atoms with E-state index in [1.54, 1.807) is 7.11 Å². The largest absolute Gasteiger partial charge is 0.385 e. The van der Waals surface area contributed by atoms with Crippen molar-refractivity contribution >= 4 is 5.91 Å². The maximum Gasteiger partial charge on any atom is 0.234 e. The molecule has 0 spiro atoms. The molecule has 2 heterocycles. The van der Waals surface area contributed by atoms with Crippen molar-refractivity contribution in [1.82, 2.24) is 19.8 Å². The predicted molar refractivity (Wildman–Crippen MR) is 79.0 cm³/mol. The van der Waals surface area contributed by atoms with Crippen molar-refractivity contribution < 1.29 is 9.53 Å². The lowest BCUT2D eigenvalue weighted by Gasteiger charge is -2.26. The average Bonchev–Trinajstić information content (AvgIpc) is 3.24. The summed E-state index contributed by atoms with van der Waals surface area (Å²) >= 11 is 0. The van der Waals surface area contributed by atoms with Crippen molar-refractivity contribution in [2.24, 2.45) is 0 Å². The highest BCUT2D eigenvalue weighted by Gasteiger charge is 2.29. The van der Waals surface area contributed by atoms with Gasteiger partial charge in [0.25, 0.3) is 0 Å². The quantitative estimate of drug-likeness (QED) is 0.753. The van der Waals surface area contributed by atoms with Gasteiger partial charge >= 0.3 is 0 Å². The van der Waals surface area contributed by atoms with Crippen LogP contribution in [0.15, 0.2) is 6.33 Å². The fourth-order valence-electron chi connectivity index (χ4n) is 2.89. The molecule has 1 amide bonds. The molecule has 1 N–H and O–H groups in total. The van der Waals surface area contributed by atoms with Crippen molar-refractivity contribution in [2.45, 2.75) is 38.3 Å². The summed E-state index contributed by atoms with van der Waals surface area (Å²) in [5.41, 5.74) is 2.54. The number of ether oxygens (including phenoxy) is 1. The fourth-order valence-corrected chi connectivity index (χ4v) is 2.89. The van der Waals surface area contributed by atoms with Gasteiger partial charge in [-0.25, -0.2) is 4.98 Å². The number of carbonyl (C=O) groups is 1. The molecule has 0 aromatic carbocycles. The third kappa shape index (κ3) is 3.63. The molecular formula is C15H24N4O2. The number of rotatable bonds is 7. The molecule has 0 atom stereocenters. The molecule has 1 aromatic heterocycles. The highest BCUT2D eigenvalue weighted by molar-refractivity contribution is 5.78. The molecule has 0 radical (unpaired) electrons. The summed E-state index contributed by atoms with van der Waals surface area (Å²) in [4.78, 5) is 18.6. The van der Waals surface area contributed by atoms with E-state index in [0.29, 0.717) is 25.7 Å². The van der Waals surface area contributed by atoms with Crippen molar-refractivity contribution in [2.75, 3.05) is 33.4 Å². The second-order valence-corrected chi connectivity index (χ2v) is 5.93. The van der Waals surface area contributed by atoms with Gasteiger partial charge < -0.3 is 14.6 Å². The predicted octanol–water partition coefficient (Wildman–Crippen LogP) is 0.729. The minimum Gasteiger partial charge on any atom is -0.385 e. The molecule has 3 rings (SSSR count). The number of hydrogen-bond donors (Lipinski definition) is 1. The van der Waals surface area contributed by atoms with Crippen molar-refractivity contribution in [3.8, 4) is 0 Å². The smallest absolute Gasteiger partial charge is 0.234 e. The van der Waals surface area contributed by atoms with Gasteiger partial charge in [-0.1, -0.05) is 0 Å². The lowest BCUT2D eigenvalue weighted by molar-refractivity contribution is -0.122. The first-order valence-corrected chi connectivity index (χ1v) is 7.80. The summed E-state index contributed by atoms with van der Waals surface area (Å²) in [6.45, 7) is 3.56. The number of hydrogen-bond acceptors (Lipinski definition) is 4. The minimum atomic E-state index is 0.0937. The molecule has 116 valence electrons. The summed E-state index contributed by atoms with van der Waals surface area (Å²) in [6.07, 6.45) is 6.42. The first kappa shape index (κ1) is 14.5. The zero-order valence-electron chi connectivity index (χ0n) is 12.7. The van der Waals surface area contributed by atoms with Crippen LogP contribution in [0, 0.1) is 0 Å². The molecule has 0 bridgehead atoms. The lowest BCUT2D eigenvalue weighted by Crippen LogP contribution is -2.40. The molecule has 6 nitrogen and oxygen atoms in total. The van der Waals surface area contributed by atoms with Crippen LogP contribution in [-0.4, -0.2) is 53.7 Å². The van der Waals surface area contributed by atoms with Crippen LogP contribution >= 0.6 is 0 Å². The standard InChI is InChI=1S/C15H24N4O2/c1-21-8-2-6-16-15(20)10-18-7-5-14-13(9-18)17-11-19(14)12-3-4-12/h11-12H,2-10H2,1H3,(H,16,20). The summed E-state index contributed by atoms with van der Waals surface area (Å²) < 4.78 is 7.31. The van der Waals surface area contributed by atoms with Crippen LogP contribution in [0.2, 0.25) is 0 Å². The van der Waals surface area contributed by atoms with Crippen molar-refractivity contribution in [3.05, 3.63) is 17.7 Å². The van der Waals surface area contributed by atoms with Crippen LogP contribution < -0.4 is 5.32 Å². The van der Waals surface area contributed by atoms with Crippen LogP contribution in [0.4, 0.5) is 0 Å². The maximum atomic E-state index is 11.9. The monoisotopic (exact) mass is 292 g/mol. The molecule has 1 fully saturated rings. The Bertz CT molecular complexity index is 496.